The van der Waals surface area contributed by atoms with Crippen molar-refractivity contribution in [2.24, 2.45) is 0 Å². The van der Waals surface area contributed by atoms with Crippen LogP contribution in [0.2, 0.25) is 0 Å². The van der Waals surface area contributed by atoms with Crippen molar-refractivity contribution in [3.8, 4) is 0 Å². The van der Waals surface area contributed by atoms with E-state index in [1.165, 1.54) is 48.7 Å². The van der Waals surface area contributed by atoms with Gasteiger partial charge < -0.3 is 0 Å². The number of hydrogen-bond acceptors (Lipinski definition) is 1. The van der Waals surface area contributed by atoms with Crippen molar-refractivity contribution in [3.05, 3.63) is 29.5 Å². The van der Waals surface area contributed by atoms with Gasteiger partial charge in [0.1, 0.15) is 0 Å². The van der Waals surface area contributed by atoms with Crippen molar-refractivity contribution in [2.45, 2.75) is 44.9 Å². The van der Waals surface area contributed by atoms with Gasteiger partial charge in [-0.05, 0) is 25.3 Å². The maximum atomic E-state index is 4.47. The fourth-order valence-corrected chi connectivity index (χ4v) is 2.90. The average Bonchev–Trinajstić information content (AvgIpc) is 2.75. The van der Waals surface area contributed by atoms with E-state index >= 15 is 0 Å². The van der Waals surface area contributed by atoms with E-state index in [0.717, 1.165) is 5.52 Å². The molecule has 1 heterocycles. The summed E-state index contributed by atoms with van der Waals surface area (Å²) in [5.74, 6) is 0.709. The quantitative estimate of drug-likeness (QED) is 0.765. The van der Waals surface area contributed by atoms with E-state index in [9.17, 15) is 0 Å². The lowest BCUT2D eigenvalue weighted by Gasteiger charge is -2.20. The van der Waals surface area contributed by atoms with Gasteiger partial charge in [0.25, 0.3) is 0 Å². The molecular weight excluding hydrogens is 196 g/mol. The molecule has 1 aliphatic rings. The van der Waals surface area contributed by atoms with Crippen LogP contribution in [0.5, 0.6) is 0 Å². The number of hydrogen-bond donors (Lipinski definition) is 1. The second kappa shape index (κ2) is 3.93. The lowest BCUT2D eigenvalue weighted by atomic mass is 9.86. The van der Waals surface area contributed by atoms with Gasteiger partial charge in [0, 0.05) is 17.0 Å². The van der Waals surface area contributed by atoms with Crippen LogP contribution in [0.15, 0.2) is 18.2 Å². The summed E-state index contributed by atoms with van der Waals surface area (Å²) < 4.78 is 0. The van der Waals surface area contributed by atoms with Gasteiger partial charge in [0.15, 0.2) is 0 Å². The fourth-order valence-electron chi connectivity index (χ4n) is 2.90. The predicted octanol–water partition coefficient (Wildman–Crippen LogP) is 3.92. The Balaban J connectivity index is 2.06. The molecule has 2 aromatic rings. The third kappa shape index (κ3) is 1.53. The molecule has 0 amide bonds. The van der Waals surface area contributed by atoms with E-state index in [2.05, 4.69) is 35.3 Å². The molecule has 84 valence electrons. The third-order valence-electron chi connectivity index (χ3n) is 3.83. The summed E-state index contributed by atoms with van der Waals surface area (Å²) in [5.41, 5.74) is 3.80. The molecule has 1 aromatic carbocycles. The highest BCUT2D eigenvalue weighted by Gasteiger charge is 2.19. The van der Waals surface area contributed by atoms with Crippen LogP contribution in [-0.4, -0.2) is 10.2 Å². The first kappa shape index (κ1) is 9.88. The number of aromatic nitrogens is 2. The monoisotopic (exact) mass is 214 g/mol. The van der Waals surface area contributed by atoms with Crippen LogP contribution < -0.4 is 0 Å². The third-order valence-corrected chi connectivity index (χ3v) is 3.83. The number of rotatable bonds is 1. The predicted molar refractivity (Wildman–Crippen MR) is 66.7 cm³/mol. The number of H-pyrrole nitrogens is 1. The van der Waals surface area contributed by atoms with E-state index in [1.54, 1.807) is 0 Å². The highest BCUT2D eigenvalue weighted by molar-refractivity contribution is 5.84. The first-order chi connectivity index (χ1) is 7.86. The maximum absolute atomic E-state index is 4.47. The SMILES string of the molecule is Cc1cccc2c(C3CCCCC3)[nH]nc12. The summed E-state index contributed by atoms with van der Waals surface area (Å²) in [4.78, 5) is 0. The molecule has 1 aromatic heterocycles. The van der Waals surface area contributed by atoms with Gasteiger partial charge in [-0.1, -0.05) is 37.5 Å². The van der Waals surface area contributed by atoms with Crippen molar-refractivity contribution in [2.75, 3.05) is 0 Å². The summed E-state index contributed by atoms with van der Waals surface area (Å²) in [7, 11) is 0. The molecule has 0 atom stereocenters. The summed E-state index contributed by atoms with van der Waals surface area (Å²) in [6.07, 6.45) is 6.80. The van der Waals surface area contributed by atoms with E-state index in [-0.39, 0.29) is 0 Å². The van der Waals surface area contributed by atoms with Gasteiger partial charge in [-0.25, -0.2) is 0 Å². The average molecular weight is 214 g/mol. The Hall–Kier alpha value is -1.31. The van der Waals surface area contributed by atoms with E-state index < -0.39 is 0 Å². The molecule has 3 rings (SSSR count). The first-order valence-corrected chi connectivity index (χ1v) is 6.30. The molecule has 0 saturated heterocycles. The van der Waals surface area contributed by atoms with E-state index in [1.807, 2.05) is 0 Å². The highest BCUT2D eigenvalue weighted by atomic mass is 15.1. The standard InChI is InChI=1S/C14H18N2/c1-10-6-5-9-12-13(10)15-16-14(12)11-7-3-2-4-8-11/h5-6,9,11H,2-4,7-8H2,1H3,(H,15,16). The number of benzene rings is 1. The molecule has 1 saturated carbocycles. The van der Waals surface area contributed by atoms with Crippen LogP contribution in [0.1, 0.15) is 49.3 Å². The summed E-state index contributed by atoms with van der Waals surface area (Å²) in [6.45, 7) is 2.13. The van der Waals surface area contributed by atoms with Crippen molar-refractivity contribution in [1.82, 2.24) is 10.2 Å². The van der Waals surface area contributed by atoms with Crippen molar-refractivity contribution < 1.29 is 0 Å². The number of para-hydroxylation sites is 1. The number of aryl methyl sites for hydroxylation is 1. The molecule has 16 heavy (non-hydrogen) atoms. The van der Waals surface area contributed by atoms with Gasteiger partial charge in [-0.3, -0.25) is 5.10 Å². The molecule has 0 unspecified atom stereocenters. The van der Waals surface area contributed by atoms with E-state index in [0.29, 0.717) is 5.92 Å². The van der Waals surface area contributed by atoms with Crippen LogP contribution in [0.3, 0.4) is 0 Å². The summed E-state index contributed by atoms with van der Waals surface area (Å²) >= 11 is 0. The van der Waals surface area contributed by atoms with Gasteiger partial charge >= 0.3 is 0 Å². The highest BCUT2D eigenvalue weighted by Crippen LogP contribution is 2.35. The van der Waals surface area contributed by atoms with Gasteiger partial charge in [0.05, 0.1) is 5.52 Å². The number of nitrogens with zero attached hydrogens (tertiary/aromatic N) is 1. The Kier molecular flexibility index (Phi) is 2.43. The van der Waals surface area contributed by atoms with Gasteiger partial charge in [0.2, 0.25) is 0 Å². The minimum absolute atomic E-state index is 0.709. The Morgan fingerprint density at radius 3 is 2.81 bits per heavy atom. The van der Waals surface area contributed by atoms with Crippen LogP contribution in [0.25, 0.3) is 10.9 Å². The zero-order valence-corrected chi connectivity index (χ0v) is 9.79. The number of fused-ring (bicyclic) bond motifs is 1. The van der Waals surface area contributed by atoms with Gasteiger partial charge in [-0.15, -0.1) is 0 Å². The Morgan fingerprint density at radius 1 is 1.19 bits per heavy atom. The normalized spacial score (nSPS) is 18.1. The lowest BCUT2D eigenvalue weighted by Crippen LogP contribution is -2.05. The second-order valence-corrected chi connectivity index (χ2v) is 4.94. The van der Waals surface area contributed by atoms with Crippen LogP contribution in [0, 0.1) is 6.92 Å². The number of nitrogens with one attached hydrogen (secondary N) is 1. The molecule has 1 aliphatic carbocycles. The molecule has 0 radical (unpaired) electrons. The largest absolute Gasteiger partial charge is 0.281 e. The van der Waals surface area contributed by atoms with Crippen LogP contribution in [0.4, 0.5) is 0 Å². The molecule has 0 spiro atoms. The Bertz CT molecular complexity index is 492. The molecule has 0 aliphatic heterocycles. The van der Waals surface area contributed by atoms with E-state index in [4.69, 9.17) is 0 Å². The lowest BCUT2D eigenvalue weighted by molar-refractivity contribution is 0.438. The molecule has 0 bridgehead atoms. The second-order valence-electron chi connectivity index (χ2n) is 4.94. The zero-order chi connectivity index (χ0) is 11.0. The Morgan fingerprint density at radius 2 is 2.00 bits per heavy atom. The smallest absolute Gasteiger partial charge is 0.0952 e. The number of aromatic amines is 1. The molecule has 2 nitrogen and oxygen atoms in total. The van der Waals surface area contributed by atoms with Crippen molar-refractivity contribution >= 4 is 10.9 Å². The minimum Gasteiger partial charge on any atom is -0.281 e. The first-order valence-electron chi connectivity index (χ1n) is 6.30. The molecule has 2 heteroatoms. The molecule has 1 fully saturated rings. The van der Waals surface area contributed by atoms with Gasteiger partial charge in [-0.2, -0.15) is 5.10 Å². The zero-order valence-electron chi connectivity index (χ0n) is 9.79. The maximum Gasteiger partial charge on any atom is 0.0952 e. The molecule has 1 N–H and O–H groups in total. The van der Waals surface area contributed by atoms with Crippen LogP contribution >= 0.6 is 0 Å². The van der Waals surface area contributed by atoms with Crippen molar-refractivity contribution in [1.29, 1.82) is 0 Å². The van der Waals surface area contributed by atoms with Crippen LogP contribution in [-0.2, 0) is 0 Å². The summed E-state index contributed by atoms with van der Waals surface area (Å²) in [5, 5.41) is 9.08. The topological polar surface area (TPSA) is 28.7 Å². The minimum atomic E-state index is 0.709. The fraction of sp³-hybridized carbons (Fsp3) is 0.500. The van der Waals surface area contributed by atoms with Crippen molar-refractivity contribution in [3.63, 3.8) is 0 Å². The Labute approximate surface area is 96.1 Å². The summed E-state index contributed by atoms with van der Waals surface area (Å²) in [6, 6.07) is 6.48. The molecular formula is C14H18N2.